The van der Waals surface area contributed by atoms with E-state index in [1.807, 2.05) is 0 Å². The number of hydrogen-bond donors (Lipinski definition) is 1. The van der Waals surface area contributed by atoms with E-state index in [2.05, 4.69) is 68.0 Å². The van der Waals surface area contributed by atoms with Crippen LogP contribution < -0.4 is 5.32 Å². The molecule has 1 aliphatic rings. The summed E-state index contributed by atoms with van der Waals surface area (Å²) in [5.74, 6) is 5.48. The fourth-order valence-corrected chi connectivity index (χ4v) is 5.11. The summed E-state index contributed by atoms with van der Waals surface area (Å²) in [6.07, 6.45) is 9.98. The van der Waals surface area contributed by atoms with Crippen molar-refractivity contribution in [2.45, 2.75) is 92.5 Å². The highest BCUT2D eigenvalue weighted by Crippen LogP contribution is 2.48. The van der Waals surface area contributed by atoms with E-state index in [1.54, 1.807) is 0 Å². The fourth-order valence-electron chi connectivity index (χ4n) is 5.11. The molecule has 156 valence electrons. The Kier molecular flexibility index (Phi) is 10.2. The maximum atomic E-state index is 3.45. The second kappa shape index (κ2) is 11.1. The highest BCUT2D eigenvalue weighted by Gasteiger charge is 2.41. The van der Waals surface area contributed by atoms with Crippen LogP contribution in [0.4, 0.5) is 0 Å². The summed E-state index contributed by atoms with van der Waals surface area (Å²) in [5.41, 5.74) is 0. The Morgan fingerprint density at radius 2 is 1.65 bits per heavy atom. The first-order chi connectivity index (χ1) is 12.2. The molecule has 0 radical (unpaired) electrons. The fraction of sp³-hybridized carbons (Fsp3) is 1.00. The standard InChI is InChI=1S/C24H51N2/c1-10-19(5)20(6)24(26(8,9)17-25-7)15-21(11-2)14-23-16-22(23)13-12-18(3)4/h18-25H,10-17H2,1-9H3/q+1. The lowest BCUT2D eigenvalue weighted by atomic mass is 9.79. The summed E-state index contributed by atoms with van der Waals surface area (Å²) in [4.78, 5) is 0. The van der Waals surface area contributed by atoms with Crippen LogP contribution in [-0.4, -0.2) is 38.3 Å². The predicted octanol–water partition coefficient (Wildman–Crippen LogP) is 6.17. The van der Waals surface area contributed by atoms with Gasteiger partial charge in [0.25, 0.3) is 0 Å². The van der Waals surface area contributed by atoms with Crippen molar-refractivity contribution in [3.63, 3.8) is 0 Å². The van der Waals surface area contributed by atoms with E-state index in [0.29, 0.717) is 0 Å². The van der Waals surface area contributed by atoms with E-state index >= 15 is 0 Å². The zero-order valence-electron chi connectivity index (χ0n) is 19.6. The van der Waals surface area contributed by atoms with Crippen LogP contribution in [0.5, 0.6) is 0 Å². The monoisotopic (exact) mass is 367 g/mol. The van der Waals surface area contributed by atoms with Crippen LogP contribution in [0.2, 0.25) is 0 Å². The molecule has 6 atom stereocenters. The highest BCUT2D eigenvalue weighted by atomic mass is 15.4. The normalized spacial score (nSPS) is 25.2. The summed E-state index contributed by atoms with van der Waals surface area (Å²) in [5, 5.41) is 3.45. The molecule has 0 saturated heterocycles. The van der Waals surface area contributed by atoms with Crippen molar-refractivity contribution in [3.05, 3.63) is 0 Å². The number of nitrogens with zero attached hydrogens (tertiary/aromatic N) is 1. The molecule has 2 nitrogen and oxygen atoms in total. The molecule has 0 spiro atoms. The van der Waals surface area contributed by atoms with Gasteiger partial charge in [0, 0.05) is 12.3 Å². The van der Waals surface area contributed by atoms with Gasteiger partial charge in [-0.25, -0.2) is 0 Å². The zero-order valence-corrected chi connectivity index (χ0v) is 19.6. The van der Waals surface area contributed by atoms with Crippen LogP contribution in [0.3, 0.4) is 0 Å². The molecule has 0 aromatic carbocycles. The van der Waals surface area contributed by atoms with E-state index in [4.69, 9.17) is 0 Å². The lowest BCUT2D eigenvalue weighted by molar-refractivity contribution is -0.922. The molecule has 6 unspecified atom stereocenters. The van der Waals surface area contributed by atoms with Crippen molar-refractivity contribution in [1.29, 1.82) is 0 Å². The summed E-state index contributed by atoms with van der Waals surface area (Å²) in [6, 6.07) is 0.759. The van der Waals surface area contributed by atoms with Gasteiger partial charge in [0.05, 0.1) is 20.1 Å². The molecule has 26 heavy (non-hydrogen) atoms. The maximum Gasteiger partial charge on any atom is 0.132 e. The first kappa shape index (κ1) is 24.0. The average molecular weight is 368 g/mol. The van der Waals surface area contributed by atoms with Crippen molar-refractivity contribution in [3.8, 4) is 0 Å². The van der Waals surface area contributed by atoms with Crippen LogP contribution in [-0.2, 0) is 0 Å². The molecule has 1 aliphatic carbocycles. The first-order valence-corrected chi connectivity index (χ1v) is 11.6. The van der Waals surface area contributed by atoms with Gasteiger partial charge < -0.3 is 4.48 Å². The second-order valence-corrected chi connectivity index (χ2v) is 10.6. The van der Waals surface area contributed by atoms with E-state index in [0.717, 1.165) is 52.7 Å². The number of quaternary nitrogens is 1. The maximum absolute atomic E-state index is 3.45. The first-order valence-electron chi connectivity index (χ1n) is 11.6. The van der Waals surface area contributed by atoms with Crippen LogP contribution >= 0.6 is 0 Å². The molecule has 0 heterocycles. The number of nitrogens with one attached hydrogen (secondary N) is 1. The topological polar surface area (TPSA) is 12.0 Å². The second-order valence-electron chi connectivity index (χ2n) is 10.6. The molecule has 1 fully saturated rings. The zero-order chi connectivity index (χ0) is 19.9. The third-order valence-corrected chi connectivity index (χ3v) is 7.58. The van der Waals surface area contributed by atoms with Gasteiger partial charge in [-0.3, -0.25) is 5.32 Å². The number of rotatable bonds is 14. The third kappa shape index (κ3) is 7.50. The molecule has 1 saturated carbocycles. The van der Waals surface area contributed by atoms with Crippen molar-refractivity contribution in [2.75, 3.05) is 27.8 Å². The summed E-state index contributed by atoms with van der Waals surface area (Å²) in [6.45, 7) is 15.6. The van der Waals surface area contributed by atoms with E-state index < -0.39 is 0 Å². The largest absolute Gasteiger partial charge is 0.313 e. The summed E-state index contributed by atoms with van der Waals surface area (Å²) < 4.78 is 1.11. The van der Waals surface area contributed by atoms with Crippen LogP contribution in [0.15, 0.2) is 0 Å². The molecule has 1 rings (SSSR count). The van der Waals surface area contributed by atoms with Gasteiger partial charge in [-0.15, -0.1) is 0 Å². The highest BCUT2D eigenvalue weighted by molar-refractivity contribution is 4.88. The third-order valence-electron chi connectivity index (χ3n) is 7.58. The summed E-state index contributed by atoms with van der Waals surface area (Å²) >= 11 is 0. The smallest absolute Gasteiger partial charge is 0.132 e. The minimum absolute atomic E-state index is 0.759. The van der Waals surface area contributed by atoms with Gasteiger partial charge in [0.1, 0.15) is 6.67 Å². The summed E-state index contributed by atoms with van der Waals surface area (Å²) in [7, 11) is 6.98. The van der Waals surface area contributed by atoms with Crippen LogP contribution in [0.25, 0.3) is 0 Å². The molecular formula is C24H51N2+. The Hall–Kier alpha value is -0.0800. The molecule has 0 aromatic rings. The van der Waals surface area contributed by atoms with Crippen molar-refractivity contribution in [1.82, 2.24) is 5.32 Å². The Morgan fingerprint density at radius 1 is 1.00 bits per heavy atom. The van der Waals surface area contributed by atoms with Gasteiger partial charge in [-0.2, -0.15) is 0 Å². The van der Waals surface area contributed by atoms with E-state index in [1.165, 1.54) is 44.9 Å². The molecule has 0 amide bonds. The lowest BCUT2D eigenvalue weighted by Gasteiger charge is -2.44. The Balaban J connectivity index is 2.68. The van der Waals surface area contributed by atoms with Gasteiger partial charge in [-0.05, 0) is 55.9 Å². The molecule has 1 N–H and O–H groups in total. The Morgan fingerprint density at radius 3 is 2.15 bits per heavy atom. The van der Waals surface area contributed by atoms with Gasteiger partial charge in [0.2, 0.25) is 0 Å². The molecule has 0 bridgehead atoms. The van der Waals surface area contributed by atoms with Gasteiger partial charge in [-0.1, -0.05) is 60.8 Å². The average Bonchev–Trinajstić information content (AvgIpc) is 3.32. The van der Waals surface area contributed by atoms with E-state index in [9.17, 15) is 0 Å². The van der Waals surface area contributed by atoms with Crippen LogP contribution in [0, 0.1) is 35.5 Å². The van der Waals surface area contributed by atoms with Gasteiger partial charge in [0.15, 0.2) is 0 Å². The van der Waals surface area contributed by atoms with E-state index in [-0.39, 0.29) is 0 Å². The minimum atomic E-state index is 0.759. The minimum Gasteiger partial charge on any atom is -0.313 e. The SMILES string of the molecule is CCC(CC1CC1CCC(C)C)CC(C(C)C(C)CC)[N+](C)(C)CNC. The van der Waals surface area contributed by atoms with Crippen molar-refractivity contribution in [2.24, 2.45) is 35.5 Å². The molecule has 0 aromatic heterocycles. The molecule has 0 aliphatic heterocycles. The lowest BCUT2D eigenvalue weighted by Crippen LogP contribution is -2.57. The molecular weight excluding hydrogens is 316 g/mol. The Labute approximate surface area is 166 Å². The predicted molar refractivity (Wildman–Crippen MR) is 117 cm³/mol. The number of hydrogen-bond acceptors (Lipinski definition) is 1. The van der Waals surface area contributed by atoms with Crippen molar-refractivity contribution < 1.29 is 4.48 Å². The quantitative estimate of drug-likeness (QED) is 0.286. The molecule has 2 heteroatoms. The van der Waals surface area contributed by atoms with Crippen molar-refractivity contribution >= 4 is 0 Å². The Bertz CT molecular complexity index is 376. The van der Waals surface area contributed by atoms with Crippen LogP contribution in [0.1, 0.15) is 86.5 Å². The van der Waals surface area contributed by atoms with Gasteiger partial charge >= 0.3 is 0 Å².